The maximum absolute atomic E-state index is 12.7. The monoisotopic (exact) mass is 404 g/mol. The Morgan fingerprint density at radius 1 is 1.18 bits per heavy atom. The van der Waals surface area contributed by atoms with Crippen LogP contribution in [-0.2, 0) is 9.84 Å². The van der Waals surface area contributed by atoms with E-state index < -0.39 is 19.5 Å². The Labute approximate surface area is 164 Å². The lowest BCUT2D eigenvalue weighted by Crippen LogP contribution is -2.56. The minimum absolute atomic E-state index is 0.00791. The number of aromatic nitrogens is 2. The fourth-order valence-corrected chi connectivity index (χ4v) is 5.78. The molecule has 1 fully saturated rings. The van der Waals surface area contributed by atoms with Gasteiger partial charge >= 0.3 is 0 Å². The molecular weight excluding hydrogens is 380 g/mol. The van der Waals surface area contributed by atoms with Gasteiger partial charge in [-0.25, -0.2) is 18.4 Å². The molecule has 1 saturated heterocycles. The highest BCUT2D eigenvalue weighted by molar-refractivity contribution is 7.92. The predicted octanol–water partition coefficient (Wildman–Crippen LogP) is 3.15. The number of nitro benzene ring substituents is 1. The lowest BCUT2D eigenvalue weighted by molar-refractivity contribution is -0.384. The van der Waals surface area contributed by atoms with E-state index >= 15 is 0 Å². The average molecular weight is 404 g/mol. The first-order chi connectivity index (χ1) is 13.2. The molecule has 9 heteroatoms. The minimum Gasteiger partial charge on any atom is -0.354 e. The van der Waals surface area contributed by atoms with Gasteiger partial charge in [0, 0.05) is 42.5 Å². The fourth-order valence-electron chi connectivity index (χ4n) is 3.66. The number of non-ortho nitro benzene ring substituents is 1. The number of nitrogens with zero attached hydrogens (tertiary/aromatic N) is 4. The summed E-state index contributed by atoms with van der Waals surface area (Å²) in [4.78, 5) is 21.5. The van der Waals surface area contributed by atoms with E-state index in [2.05, 4.69) is 9.97 Å². The summed E-state index contributed by atoms with van der Waals surface area (Å²) in [6.07, 6.45) is 1.11. The van der Waals surface area contributed by atoms with E-state index in [1.54, 1.807) is 12.1 Å². The fraction of sp³-hybridized carbons (Fsp3) is 0.474. The van der Waals surface area contributed by atoms with Crippen LogP contribution in [0.2, 0.25) is 0 Å². The Bertz CT molecular complexity index is 985. The Kier molecular flexibility index (Phi) is 5.38. The van der Waals surface area contributed by atoms with Crippen LogP contribution < -0.4 is 4.90 Å². The number of rotatable bonds is 5. The van der Waals surface area contributed by atoms with E-state index in [0.29, 0.717) is 43.1 Å². The number of anilines is 1. The van der Waals surface area contributed by atoms with Crippen molar-refractivity contribution in [2.45, 2.75) is 38.4 Å². The summed E-state index contributed by atoms with van der Waals surface area (Å²) in [6.45, 7) is 6.47. The highest BCUT2D eigenvalue weighted by Gasteiger charge is 2.45. The standard InChI is InChI=1S/C19H24N4O4S/c1-4-19(5-2)13-22(10-11-28(19,26)27)17-12-14(3)20-18(21-17)15-6-8-16(9-7-15)23(24)25/h6-9,12H,4-5,10-11,13H2,1-3H3. The summed E-state index contributed by atoms with van der Waals surface area (Å²) >= 11 is 0. The SMILES string of the molecule is CCC1(CC)CN(c2cc(C)nc(-c3ccc([N+](=O)[O-])cc3)n2)CCS1(=O)=O. The van der Waals surface area contributed by atoms with Crippen LogP contribution in [0.3, 0.4) is 0 Å². The van der Waals surface area contributed by atoms with E-state index in [-0.39, 0.29) is 11.4 Å². The minimum atomic E-state index is -3.16. The molecule has 150 valence electrons. The van der Waals surface area contributed by atoms with E-state index in [1.165, 1.54) is 12.1 Å². The van der Waals surface area contributed by atoms with Crippen molar-refractivity contribution in [1.29, 1.82) is 0 Å². The number of hydrogen-bond donors (Lipinski definition) is 0. The van der Waals surface area contributed by atoms with Crippen molar-refractivity contribution in [1.82, 2.24) is 9.97 Å². The van der Waals surface area contributed by atoms with Crippen LogP contribution in [0.5, 0.6) is 0 Å². The van der Waals surface area contributed by atoms with Crippen molar-refractivity contribution in [2.75, 3.05) is 23.7 Å². The Balaban J connectivity index is 1.96. The molecule has 0 N–H and O–H groups in total. The molecule has 0 saturated carbocycles. The Morgan fingerprint density at radius 2 is 1.82 bits per heavy atom. The van der Waals surface area contributed by atoms with Crippen LogP contribution in [0, 0.1) is 17.0 Å². The Hall–Kier alpha value is -2.55. The molecule has 0 unspecified atom stereocenters. The smallest absolute Gasteiger partial charge is 0.269 e. The van der Waals surface area contributed by atoms with Gasteiger partial charge in [-0.05, 0) is 31.9 Å². The van der Waals surface area contributed by atoms with Crippen molar-refractivity contribution in [2.24, 2.45) is 0 Å². The van der Waals surface area contributed by atoms with E-state index in [4.69, 9.17) is 0 Å². The molecule has 2 heterocycles. The van der Waals surface area contributed by atoms with Crippen molar-refractivity contribution < 1.29 is 13.3 Å². The van der Waals surface area contributed by atoms with Crippen LogP contribution >= 0.6 is 0 Å². The van der Waals surface area contributed by atoms with Crippen LogP contribution in [-0.4, -0.2) is 46.9 Å². The van der Waals surface area contributed by atoms with Gasteiger partial charge in [-0.2, -0.15) is 0 Å². The molecule has 1 aliphatic heterocycles. The number of sulfone groups is 1. The third kappa shape index (κ3) is 3.58. The van der Waals surface area contributed by atoms with E-state index in [0.717, 1.165) is 5.69 Å². The van der Waals surface area contributed by atoms with Crippen LogP contribution in [0.1, 0.15) is 32.4 Å². The van der Waals surface area contributed by atoms with Crippen LogP contribution in [0.25, 0.3) is 11.4 Å². The van der Waals surface area contributed by atoms with Gasteiger partial charge in [0.05, 0.1) is 15.4 Å². The lowest BCUT2D eigenvalue weighted by atomic mass is 10.0. The van der Waals surface area contributed by atoms with Gasteiger partial charge in [-0.15, -0.1) is 0 Å². The largest absolute Gasteiger partial charge is 0.354 e. The van der Waals surface area contributed by atoms with Gasteiger partial charge in [-0.3, -0.25) is 10.1 Å². The first kappa shape index (κ1) is 20.2. The molecule has 2 aromatic rings. The topological polar surface area (TPSA) is 106 Å². The highest BCUT2D eigenvalue weighted by Crippen LogP contribution is 2.34. The van der Waals surface area contributed by atoms with Gasteiger partial charge in [-0.1, -0.05) is 13.8 Å². The summed E-state index contributed by atoms with van der Waals surface area (Å²) in [7, 11) is -3.16. The Morgan fingerprint density at radius 3 is 2.39 bits per heavy atom. The molecule has 0 spiro atoms. The van der Waals surface area contributed by atoms with Crippen molar-refractivity contribution in [3.05, 3.63) is 46.1 Å². The first-order valence-corrected chi connectivity index (χ1v) is 10.9. The third-order valence-electron chi connectivity index (χ3n) is 5.56. The van der Waals surface area contributed by atoms with Crippen molar-refractivity contribution in [3.63, 3.8) is 0 Å². The molecule has 1 aromatic carbocycles. The number of benzene rings is 1. The molecule has 1 aromatic heterocycles. The number of hydrogen-bond acceptors (Lipinski definition) is 7. The molecule has 0 amide bonds. The second-order valence-electron chi connectivity index (χ2n) is 7.13. The van der Waals surface area contributed by atoms with Gasteiger partial charge in [0.15, 0.2) is 15.7 Å². The van der Waals surface area contributed by atoms with Gasteiger partial charge in [0.2, 0.25) is 0 Å². The molecule has 28 heavy (non-hydrogen) atoms. The van der Waals surface area contributed by atoms with Crippen LogP contribution in [0.15, 0.2) is 30.3 Å². The van der Waals surface area contributed by atoms with Crippen LogP contribution in [0.4, 0.5) is 11.5 Å². The maximum atomic E-state index is 12.7. The molecule has 8 nitrogen and oxygen atoms in total. The molecule has 1 aliphatic rings. The number of nitro groups is 1. The second-order valence-corrected chi connectivity index (χ2v) is 9.63. The summed E-state index contributed by atoms with van der Waals surface area (Å²) < 4.78 is 24.6. The third-order valence-corrected chi connectivity index (χ3v) is 8.30. The summed E-state index contributed by atoms with van der Waals surface area (Å²) in [5.74, 6) is 1.25. The van der Waals surface area contributed by atoms with Gasteiger partial charge < -0.3 is 4.90 Å². The zero-order chi connectivity index (χ0) is 20.5. The number of aryl methyl sites for hydroxylation is 1. The van der Waals surface area contributed by atoms with Crippen molar-refractivity contribution >= 4 is 21.3 Å². The molecule has 0 atom stereocenters. The zero-order valence-corrected chi connectivity index (χ0v) is 17.1. The van der Waals surface area contributed by atoms with Gasteiger partial charge in [0.25, 0.3) is 5.69 Å². The first-order valence-electron chi connectivity index (χ1n) is 9.29. The predicted molar refractivity (Wildman–Crippen MR) is 108 cm³/mol. The lowest BCUT2D eigenvalue weighted by Gasteiger charge is -2.42. The molecule has 0 aliphatic carbocycles. The normalized spacial score (nSPS) is 18.0. The van der Waals surface area contributed by atoms with E-state index in [1.807, 2.05) is 31.7 Å². The van der Waals surface area contributed by atoms with Gasteiger partial charge in [0.1, 0.15) is 5.82 Å². The summed E-state index contributed by atoms with van der Waals surface area (Å²) in [5, 5.41) is 10.9. The average Bonchev–Trinajstić information content (AvgIpc) is 2.67. The highest BCUT2D eigenvalue weighted by atomic mass is 32.2. The maximum Gasteiger partial charge on any atom is 0.269 e. The molecule has 0 bridgehead atoms. The molecule has 3 rings (SSSR count). The molecular formula is C19H24N4O4S. The van der Waals surface area contributed by atoms with Crippen molar-refractivity contribution in [3.8, 4) is 11.4 Å². The second kappa shape index (κ2) is 7.46. The summed E-state index contributed by atoms with van der Waals surface area (Å²) in [6, 6.07) is 7.95. The zero-order valence-electron chi connectivity index (χ0n) is 16.3. The van der Waals surface area contributed by atoms with E-state index in [9.17, 15) is 18.5 Å². The molecule has 0 radical (unpaired) electrons. The summed E-state index contributed by atoms with van der Waals surface area (Å²) in [5.41, 5.74) is 1.44. The quantitative estimate of drug-likeness (QED) is 0.556.